The number of nitrogens with zero attached hydrogens (tertiary/aromatic N) is 3. The van der Waals surface area contributed by atoms with E-state index in [1.165, 1.54) is 0 Å². The zero-order valence-electron chi connectivity index (χ0n) is 27.4. The highest BCUT2D eigenvalue weighted by Gasteiger charge is 2.39. The fourth-order valence-electron chi connectivity index (χ4n) is 6.04. The Bertz CT molecular complexity index is 1280. The van der Waals surface area contributed by atoms with Crippen molar-refractivity contribution >= 4 is 23.5 Å². The van der Waals surface area contributed by atoms with Gasteiger partial charge >= 0.3 is 5.97 Å². The molecule has 44 heavy (non-hydrogen) atoms. The Labute approximate surface area is 269 Å². The van der Waals surface area contributed by atoms with Gasteiger partial charge in [-0.2, -0.15) is 0 Å². The molecule has 1 aliphatic rings. The second-order valence-electron chi connectivity index (χ2n) is 13.4. The van der Waals surface area contributed by atoms with Gasteiger partial charge < -0.3 is 20.4 Å². The van der Waals surface area contributed by atoms with Crippen molar-refractivity contribution in [3.05, 3.63) is 82.1 Å². The van der Waals surface area contributed by atoms with Gasteiger partial charge in [-0.05, 0) is 74.1 Å². The molecule has 9 heteroatoms. The number of nitrogens with two attached hydrogens (primary N) is 2. The molecule has 0 saturated carbocycles. The molecule has 0 aliphatic carbocycles. The predicted octanol–water partition coefficient (Wildman–Crippen LogP) is 6.05. The number of hydrogen-bond donors (Lipinski definition) is 2. The average molecular weight is 626 g/mol. The molecule has 0 radical (unpaired) electrons. The summed E-state index contributed by atoms with van der Waals surface area (Å²) < 4.78 is 5.85. The molecule has 1 unspecified atom stereocenters. The maximum absolute atomic E-state index is 13.6. The normalized spacial score (nSPS) is 16.9. The molecule has 1 aliphatic heterocycles. The highest BCUT2D eigenvalue weighted by Crippen LogP contribution is 2.42. The molecule has 0 aromatic heterocycles. The van der Waals surface area contributed by atoms with E-state index in [4.69, 9.17) is 27.9 Å². The smallest absolute Gasteiger partial charge is 0.312 e. The molecular weight excluding hydrogens is 574 g/mol. The van der Waals surface area contributed by atoms with Crippen LogP contribution in [0.1, 0.15) is 83.4 Å². The van der Waals surface area contributed by atoms with Gasteiger partial charge in [0.05, 0.1) is 12.0 Å². The fourth-order valence-corrected chi connectivity index (χ4v) is 6.22. The number of ether oxygens (including phenoxy) is 1. The minimum absolute atomic E-state index is 0.0579. The predicted molar refractivity (Wildman–Crippen MR) is 178 cm³/mol. The number of amides is 1. The summed E-state index contributed by atoms with van der Waals surface area (Å²) in [6.07, 6.45) is 3.83. The minimum atomic E-state index is -0.867. The van der Waals surface area contributed by atoms with Gasteiger partial charge in [0.15, 0.2) is 0 Å². The molecule has 242 valence electrons. The number of carbonyl (C=O) groups is 2. The molecule has 2 aromatic carbocycles. The number of halogens is 1. The summed E-state index contributed by atoms with van der Waals surface area (Å²) in [6, 6.07) is 15.7. The molecule has 8 nitrogen and oxygen atoms in total. The van der Waals surface area contributed by atoms with Crippen LogP contribution in [0.4, 0.5) is 0 Å². The van der Waals surface area contributed by atoms with E-state index in [2.05, 4.69) is 31.7 Å². The molecular formula is C35H52ClN5O3. The Hall–Kier alpha value is -3.07. The maximum atomic E-state index is 13.6. The van der Waals surface area contributed by atoms with Gasteiger partial charge in [-0.3, -0.25) is 14.5 Å². The number of hydrazine groups is 1. The third kappa shape index (κ3) is 9.98. The van der Waals surface area contributed by atoms with E-state index in [1.807, 2.05) is 68.1 Å². The molecule has 1 saturated heterocycles. The standard InChI is InChI=1S/C35H52ClN5O3/c1-7-18-40-25-34(3,4)24-39(22-32(40)42)20-28-19-27(14-17-31(28)36)30(16-15-29(37)21-41(38)8-2)35(5,6)33(43)44-23-26-12-10-9-11-13-26/h9-14,17,19,21,30H,7-8,15-16,18,20,22-25,37-38H2,1-6H3/b29-21-. The fraction of sp³-hybridized carbons (Fsp3) is 0.543. The van der Waals surface area contributed by atoms with Crippen LogP contribution < -0.4 is 11.6 Å². The average Bonchev–Trinajstić information content (AvgIpc) is 3.07. The van der Waals surface area contributed by atoms with E-state index in [-0.39, 0.29) is 29.8 Å². The van der Waals surface area contributed by atoms with Crippen LogP contribution in [0.15, 0.2) is 60.4 Å². The second kappa shape index (κ2) is 15.8. The number of hydrogen-bond acceptors (Lipinski definition) is 7. The summed E-state index contributed by atoms with van der Waals surface area (Å²) in [5.41, 5.74) is 8.91. The maximum Gasteiger partial charge on any atom is 0.312 e. The van der Waals surface area contributed by atoms with Crippen molar-refractivity contribution in [3.63, 3.8) is 0 Å². The van der Waals surface area contributed by atoms with E-state index >= 15 is 0 Å². The van der Waals surface area contributed by atoms with Crippen LogP contribution in [0.3, 0.4) is 0 Å². The Morgan fingerprint density at radius 1 is 1.16 bits per heavy atom. The second-order valence-corrected chi connectivity index (χ2v) is 13.8. The topological polar surface area (TPSA) is 105 Å². The van der Waals surface area contributed by atoms with Crippen LogP contribution in [0.2, 0.25) is 5.02 Å². The van der Waals surface area contributed by atoms with E-state index in [0.717, 1.165) is 42.7 Å². The van der Waals surface area contributed by atoms with Crippen LogP contribution in [0.25, 0.3) is 0 Å². The van der Waals surface area contributed by atoms with E-state index in [9.17, 15) is 9.59 Å². The highest BCUT2D eigenvalue weighted by atomic mass is 35.5. The Kier molecular flexibility index (Phi) is 12.7. The van der Waals surface area contributed by atoms with Crippen molar-refractivity contribution in [1.29, 1.82) is 0 Å². The SMILES string of the molecule is CCCN1CC(C)(C)CN(Cc2cc(C(CC/C(N)=C/N(N)CC)C(C)(C)C(=O)OCc3ccccc3)ccc2Cl)CC1=O. The summed E-state index contributed by atoms with van der Waals surface area (Å²) in [5, 5.41) is 2.19. The van der Waals surface area contributed by atoms with Crippen molar-refractivity contribution in [1.82, 2.24) is 14.8 Å². The van der Waals surface area contributed by atoms with Gasteiger partial charge in [0.2, 0.25) is 5.91 Å². The summed E-state index contributed by atoms with van der Waals surface area (Å²) >= 11 is 6.78. The lowest BCUT2D eigenvalue weighted by molar-refractivity contribution is -0.157. The first-order valence-electron chi connectivity index (χ1n) is 15.7. The van der Waals surface area contributed by atoms with Crippen LogP contribution in [0, 0.1) is 10.8 Å². The van der Waals surface area contributed by atoms with E-state index in [1.54, 1.807) is 11.2 Å². The number of benzene rings is 2. The minimum Gasteiger partial charge on any atom is -0.460 e. The lowest BCUT2D eigenvalue weighted by atomic mass is 9.72. The number of allylic oxidation sites excluding steroid dienone is 1. The highest BCUT2D eigenvalue weighted by molar-refractivity contribution is 6.31. The zero-order chi connectivity index (χ0) is 32.5. The van der Waals surface area contributed by atoms with E-state index in [0.29, 0.717) is 43.2 Å². The third-order valence-corrected chi connectivity index (χ3v) is 8.74. The monoisotopic (exact) mass is 625 g/mol. The summed E-state index contributed by atoms with van der Waals surface area (Å²) in [7, 11) is 0. The largest absolute Gasteiger partial charge is 0.460 e. The summed E-state index contributed by atoms with van der Waals surface area (Å²) in [5.74, 6) is 5.61. The first-order valence-corrected chi connectivity index (χ1v) is 16.1. The van der Waals surface area contributed by atoms with Crippen LogP contribution >= 0.6 is 11.6 Å². The van der Waals surface area contributed by atoms with Crippen LogP contribution in [-0.2, 0) is 27.5 Å². The van der Waals surface area contributed by atoms with Crippen molar-refractivity contribution < 1.29 is 14.3 Å². The molecule has 0 spiro atoms. The van der Waals surface area contributed by atoms with Gasteiger partial charge in [0.1, 0.15) is 6.61 Å². The lowest BCUT2D eigenvalue weighted by Gasteiger charge is -2.34. The number of esters is 1. The van der Waals surface area contributed by atoms with Crippen LogP contribution in [0.5, 0.6) is 0 Å². The lowest BCUT2D eigenvalue weighted by Crippen LogP contribution is -2.38. The first-order chi connectivity index (χ1) is 20.8. The van der Waals surface area contributed by atoms with Gasteiger partial charge in [0, 0.05) is 49.6 Å². The van der Waals surface area contributed by atoms with Crippen molar-refractivity contribution in [2.75, 3.05) is 32.7 Å². The molecule has 3 rings (SSSR count). The molecule has 1 atom stereocenters. The van der Waals surface area contributed by atoms with Gasteiger partial charge in [-0.15, -0.1) is 0 Å². The van der Waals surface area contributed by atoms with Gasteiger partial charge in [-0.25, -0.2) is 5.84 Å². The first kappa shape index (κ1) is 35.4. The Morgan fingerprint density at radius 2 is 1.86 bits per heavy atom. The van der Waals surface area contributed by atoms with Crippen molar-refractivity contribution in [2.45, 2.75) is 79.9 Å². The summed E-state index contributed by atoms with van der Waals surface area (Å²) in [4.78, 5) is 31.0. The Balaban J connectivity index is 1.90. The number of rotatable bonds is 14. The molecule has 2 aromatic rings. The molecule has 1 amide bonds. The van der Waals surface area contributed by atoms with Crippen LogP contribution in [-0.4, -0.2) is 59.4 Å². The molecule has 4 N–H and O–H groups in total. The van der Waals surface area contributed by atoms with Gasteiger partial charge in [0.25, 0.3) is 0 Å². The molecule has 1 heterocycles. The van der Waals surface area contributed by atoms with Crippen molar-refractivity contribution in [2.24, 2.45) is 22.4 Å². The van der Waals surface area contributed by atoms with Gasteiger partial charge in [-0.1, -0.05) is 74.8 Å². The quantitative estimate of drug-likeness (QED) is 0.150. The van der Waals surface area contributed by atoms with Crippen molar-refractivity contribution in [3.8, 4) is 0 Å². The zero-order valence-corrected chi connectivity index (χ0v) is 28.2. The Morgan fingerprint density at radius 3 is 2.52 bits per heavy atom. The number of carbonyl (C=O) groups excluding carboxylic acids is 2. The third-order valence-electron chi connectivity index (χ3n) is 8.37. The molecule has 1 fully saturated rings. The molecule has 0 bridgehead atoms. The summed E-state index contributed by atoms with van der Waals surface area (Å²) in [6.45, 7) is 16.3. The van der Waals surface area contributed by atoms with E-state index < -0.39 is 5.41 Å².